The van der Waals surface area contributed by atoms with E-state index in [4.69, 9.17) is 4.74 Å². The van der Waals surface area contributed by atoms with Gasteiger partial charge >= 0.3 is 5.97 Å². The molecule has 92 valence electrons. The van der Waals surface area contributed by atoms with Gasteiger partial charge in [-0.25, -0.2) is 0 Å². The molecule has 1 heterocycles. The van der Waals surface area contributed by atoms with Crippen molar-refractivity contribution in [3.05, 3.63) is 12.2 Å². The zero-order chi connectivity index (χ0) is 11.6. The predicted molar refractivity (Wildman–Crippen MR) is 66.2 cm³/mol. The Hall–Kier alpha value is -0.790. The Kier molecular flexibility index (Phi) is 6.95. The van der Waals surface area contributed by atoms with Crippen LogP contribution in [0.3, 0.4) is 0 Å². The predicted octanol–water partition coefficient (Wildman–Crippen LogP) is 3.86. The highest BCUT2D eigenvalue weighted by molar-refractivity contribution is 5.69. The van der Waals surface area contributed by atoms with Crippen molar-refractivity contribution in [1.29, 1.82) is 0 Å². The Bertz CT molecular complexity index is 221. The van der Waals surface area contributed by atoms with E-state index in [0.29, 0.717) is 18.9 Å². The summed E-state index contributed by atoms with van der Waals surface area (Å²) in [4.78, 5) is 11.4. The van der Waals surface area contributed by atoms with E-state index in [1.807, 2.05) is 0 Å². The SMILES string of the molecule is C[C@@H]1CCCC=CCCCCCC(=O)OC1. The number of cyclic esters (lactones) is 1. The van der Waals surface area contributed by atoms with E-state index in [2.05, 4.69) is 19.1 Å². The maximum atomic E-state index is 11.4. The first-order valence-electron chi connectivity index (χ1n) is 6.59. The van der Waals surface area contributed by atoms with Crippen LogP contribution >= 0.6 is 0 Å². The molecule has 0 saturated carbocycles. The first-order chi connectivity index (χ1) is 7.79. The van der Waals surface area contributed by atoms with Crippen molar-refractivity contribution in [3.63, 3.8) is 0 Å². The van der Waals surface area contributed by atoms with Crippen LogP contribution in [-0.2, 0) is 9.53 Å². The highest BCUT2D eigenvalue weighted by Gasteiger charge is 2.07. The molecule has 0 aromatic heterocycles. The van der Waals surface area contributed by atoms with Crippen LogP contribution in [0.1, 0.15) is 58.3 Å². The third-order valence-corrected chi connectivity index (χ3v) is 3.01. The molecule has 0 spiro atoms. The largest absolute Gasteiger partial charge is 0.465 e. The molecule has 1 aliphatic rings. The van der Waals surface area contributed by atoms with Crippen LogP contribution in [0.2, 0.25) is 0 Å². The number of rotatable bonds is 0. The summed E-state index contributed by atoms with van der Waals surface area (Å²) < 4.78 is 5.24. The number of hydrogen-bond acceptors (Lipinski definition) is 2. The minimum Gasteiger partial charge on any atom is -0.465 e. The lowest BCUT2D eigenvalue weighted by Crippen LogP contribution is -2.11. The van der Waals surface area contributed by atoms with Crippen LogP contribution in [0.4, 0.5) is 0 Å². The van der Waals surface area contributed by atoms with E-state index >= 15 is 0 Å². The standard InChI is InChI=1S/C14H24O2/c1-13-10-8-6-4-2-3-5-7-9-11-14(15)16-12-13/h2,4,13H,3,5-12H2,1H3/t13-/m1/s1. The summed E-state index contributed by atoms with van der Waals surface area (Å²) in [7, 11) is 0. The number of esters is 1. The highest BCUT2D eigenvalue weighted by atomic mass is 16.5. The Morgan fingerprint density at radius 3 is 2.69 bits per heavy atom. The molecule has 0 bridgehead atoms. The van der Waals surface area contributed by atoms with Gasteiger partial charge < -0.3 is 4.74 Å². The molecule has 1 rings (SSSR count). The number of carbonyl (C=O) groups is 1. The van der Waals surface area contributed by atoms with E-state index in [1.54, 1.807) is 0 Å². The van der Waals surface area contributed by atoms with Gasteiger partial charge in [-0.3, -0.25) is 4.79 Å². The second kappa shape index (κ2) is 8.37. The molecule has 1 aliphatic heterocycles. The Morgan fingerprint density at radius 1 is 1.12 bits per heavy atom. The van der Waals surface area contributed by atoms with Gasteiger partial charge in [-0.05, 0) is 44.4 Å². The maximum absolute atomic E-state index is 11.4. The van der Waals surface area contributed by atoms with Gasteiger partial charge in [0.1, 0.15) is 0 Å². The number of hydrogen-bond donors (Lipinski definition) is 0. The van der Waals surface area contributed by atoms with Crippen LogP contribution in [0.5, 0.6) is 0 Å². The Morgan fingerprint density at radius 2 is 1.88 bits per heavy atom. The molecule has 2 nitrogen and oxygen atoms in total. The average Bonchev–Trinajstić information content (AvgIpc) is 2.28. The lowest BCUT2D eigenvalue weighted by atomic mass is 10.0. The molecule has 0 aromatic carbocycles. The molecule has 0 aliphatic carbocycles. The second-order valence-corrected chi connectivity index (χ2v) is 4.79. The third-order valence-electron chi connectivity index (χ3n) is 3.01. The quantitative estimate of drug-likeness (QED) is 0.461. The van der Waals surface area contributed by atoms with E-state index < -0.39 is 0 Å². The van der Waals surface area contributed by atoms with E-state index in [-0.39, 0.29) is 5.97 Å². The lowest BCUT2D eigenvalue weighted by Gasteiger charge is -2.11. The molecule has 2 heteroatoms. The Balaban J connectivity index is 2.30. The molecule has 0 N–H and O–H groups in total. The smallest absolute Gasteiger partial charge is 0.305 e. The average molecular weight is 224 g/mol. The summed E-state index contributed by atoms with van der Waals surface area (Å²) >= 11 is 0. The van der Waals surface area contributed by atoms with Crippen molar-refractivity contribution in [3.8, 4) is 0 Å². The minimum absolute atomic E-state index is 0.0144. The van der Waals surface area contributed by atoms with Crippen molar-refractivity contribution in [2.24, 2.45) is 5.92 Å². The van der Waals surface area contributed by atoms with Crippen LogP contribution in [0, 0.1) is 5.92 Å². The second-order valence-electron chi connectivity index (χ2n) is 4.79. The molecule has 1 atom stereocenters. The summed E-state index contributed by atoms with van der Waals surface area (Å²) in [5, 5.41) is 0. The lowest BCUT2D eigenvalue weighted by molar-refractivity contribution is -0.145. The molecule has 0 saturated heterocycles. The fraction of sp³-hybridized carbons (Fsp3) is 0.786. The van der Waals surface area contributed by atoms with Gasteiger partial charge in [-0.2, -0.15) is 0 Å². The molecular formula is C14H24O2. The summed E-state index contributed by atoms with van der Waals surface area (Å²) in [5.41, 5.74) is 0. The van der Waals surface area contributed by atoms with E-state index in [1.165, 1.54) is 12.8 Å². The maximum Gasteiger partial charge on any atom is 0.305 e. The van der Waals surface area contributed by atoms with Crippen LogP contribution in [0.25, 0.3) is 0 Å². The number of carbonyl (C=O) groups excluding carboxylic acids is 1. The number of ether oxygens (including phenoxy) is 1. The molecule has 0 unspecified atom stereocenters. The molecule has 0 amide bonds. The minimum atomic E-state index is -0.0144. The summed E-state index contributed by atoms with van der Waals surface area (Å²) in [6.07, 6.45) is 13.2. The first-order valence-corrected chi connectivity index (χ1v) is 6.59. The van der Waals surface area contributed by atoms with Crippen molar-refractivity contribution in [1.82, 2.24) is 0 Å². The van der Waals surface area contributed by atoms with Gasteiger partial charge in [0, 0.05) is 6.42 Å². The number of allylic oxidation sites excluding steroid dienone is 2. The monoisotopic (exact) mass is 224 g/mol. The summed E-state index contributed by atoms with van der Waals surface area (Å²) in [5.74, 6) is 0.486. The zero-order valence-corrected chi connectivity index (χ0v) is 10.4. The molecule has 0 aromatic rings. The summed E-state index contributed by atoms with van der Waals surface area (Å²) in [6, 6.07) is 0. The van der Waals surface area contributed by atoms with Crippen molar-refractivity contribution < 1.29 is 9.53 Å². The van der Waals surface area contributed by atoms with Gasteiger partial charge in [0.2, 0.25) is 0 Å². The Labute approximate surface area is 99.1 Å². The fourth-order valence-electron chi connectivity index (χ4n) is 1.92. The first kappa shape index (κ1) is 13.3. The summed E-state index contributed by atoms with van der Waals surface area (Å²) in [6.45, 7) is 2.76. The van der Waals surface area contributed by atoms with Crippen LogP contribution < -0.4 is 0 Å². The van der Waals surface area contributed by atoms with E-state index in [0.717, 1.165) is 32.1 Å². The van der Waals surface area contributed by atoms with Crippen molar-refractivity contribution >= 4 is 5.97 Å². The van der Waals surface area contributed by atoms with Gasteiger partial charge in [0.25, 0.3) is 0 Å². The van der Waals surface area contributed by atoms with Gasteiger partial charge in [-0.15, -0.1) is 0 Å². The van der Waals surface area contributed by atoms with Crippen LogP contribution in [0.15, 0.2) is 12.2 Å². The van der Waals surface area contributed by atoms with E-state index in [9.17, 15) is 4.79 Å². The highest BCUT2D eigenvalue weighted by Crippen LogP contribution is 2.12. The third kappa shape index (κ3) is 6.65. The fourth-order valence-corrected chi connectivity index (χ4v) is 1.92. The zero-order valence-electron chi connectivity index (χ0n) is 10.4. The topological polar surface area (TPSA) is 26.3 Å². The van der Waals surface area contributed by atoms with Crippen molar-refractivity contribution in [2.75, 3.05) is 6.61 Å². The van der Waals surface area contributed by atoms with Gasteiger partial charge in [0.05, 0.1) is 6.61 Å². The molecule has 0 radical (unpaired) electrons. The van der Waals surface area contributed by atoms with Gasteiger partial charge in [0.15, 0.2) is 0 Å². The molecule has 16 heavy (non-hydrogen) atoms. The normalized spacial score (nSPS) is 25.8. The van der Waals surface area contributed by atoms with Crippen LogP contribution in [-0.4, -0.2) is 12.6 Å². The van der Waals surface area contributed by atoms with Gasteiger partial charge in [-0.1, -0.05) is 25.5 Å². The molecule has 0 fully saturated rings. The van der Waals surface area contributed by atoms with Crippen molar-refractivity contribution in [2.45, 2.75) is 58.3 Å². The molecular weight excluding hydrogens is 200 g/mol.